The Labute approximate surface area is 185 Å². The smallest absolute Gasteiger partial charge is 0.361 e. The first-order chi connectivity index (χ1) is 15.4. The van der Waals surface area contributed by atoms with Crippen molar-refractivity contribution in [2.75, 3.05) is 7.05 Å². The molecule has 1 fully saturated rings. The van der Waals surface area contributed by atoms with Crippen LogP contribution in [0.1, 0.15) is 28.7 Å². The van der Waals surface area contributed by atoms with E-state index in [2.05, 4.69) is 10.3 Å². The number of H-pyrrole nitrogens is 1. The Morgan fingerprint density at radius 3 is 2.24 bits per heavy atom. The van der Waals surface area contributed by atoms with E-state index in [1.54, 1.807) is 7.05 Å². The minimum Gasteiger partial charge on any atom is -0.361 e. The fraction of sp³-hybridized carbons (Fsp3) is 0.348. The van der Waals surface area contributed by atoms with Crippen LogP contribution >= 0.6 is 0 Å². The second-order valence-electron chi connectivity index (χ2n) is 8.25. The van der Waals surface area contributed by atoms with Gasteiger partial charge in [0.2, 0.25) is 0 Å². The lowest BCUT2D eigenvalue weighted by Crippen LogP contribution is -2.36. The number of nitrogens with zero attached hydrogens (tertiary/aromatic N) is 1. The van der Waals surface area contributed by atoms with E-state index in [0.717, 1.165) is 28.6 Å². The molecule has 2 heterocycles. The number of likely N-dealkylation sites (N-methyl/N-ethyl adjacent to an activating group) is 1. The molecule has 1 saturated heterocycles. The molecule has 176 valence electrons. The zero-order valence-electron chi connectivity index (χ0n) is 17.5. The molecule has 3 aromatic rings. The highest BCUT2D eigenvalue weighted by Gasteiger charge is 2.39. The molecule has 0 radical (unpaired) electrons. The van der Waals surface area contributed by atoms with Gasteiger partial charge in [0.05, 0.1) is 23.2 Å². The van der Waals surface area contributed by atoms with Crippen molar-refractivity contribution in [3.63, 3.8) is 0 Å². The third-order valence-corrected chi connectivity index (χ3v) is 6.08. The van der Waals surface area contributed by atoms with Crippen LogP contribution in [-0.2, 0) is 25.2 Å². The second-order valence-corrected chi connectivity index (χ2v) is 8.25. The molecular weight excluding hydrogens is 448 g/mol. The molecule has 0 aliphatic carbocycles. The number of carbonyl (C=O) groups excluding carboxylic acids is 1. The SMILES string of the molecule is CN1C(=O)NC(Cc2c[nH]c3ccccc23)C1CCc1cc(C(F)(F)F)cc(C(F)(F)F)c1. The van der Waals surface area contributed by atoms with Crippen LogP contribution in [0.25, 0.3) is 10.9 Å². The maximum Gasteiger partial charge on any atom is 0.416 e. The monoisotopic (exact) mass is 469 g/mol. The summed E-state index contributed by atoms with van der Waals surface area (Å²) in [6.45, 7) is 0. The van der Waals surface area contributed by atoms with Crippen molar-refractivity contribution in [3.8, 4) is 0 Å². The number of para-hydroxylation sites is 1. The van der Waals surface area contributed by atoms with E-state index < -0.39 is 29.5 Å². The molecule has 4 rings (SSSR count). The molecule has 2 N–H and O–H groups in total. The molecule has 2 unspecified atom stereocenters. The van der Waals surface area contributed by atoms with Crippen molar-refractivity contribution < 1.29 is 31.1 Å². The summed E-state index contributed by atoms with van der Waals surface area (Å²) in [6.07, 6.45) is -7.30. The average Bonchev–Trinajstić information content (AvgIpc) is 3.26. The van der Waals surface area contributed by atoms with Crippen molar-refractivity contribution in [1.29, 1.82) is 0 Å². The van der Waals surface area contributed by atoms with Crippen molar-refractivity contribution >= 4 is 16.9 Å². The Morgan fingerprint density at radius 1 is 0.970 bits per heavy atom. The molecule has 0 spiro atoms. The zero-order chi connectivity index (χ0) is 24.0. The number of nitrogens with one attached hydrogen (secondary N) is 2. The van der Waals surface area contributed by atoms with Crippen LogP contribution in [0, 0.1) is 0 Å². The van der Waals surface area contributed by atoms with Crippen LogP contribution in [0.15, 0.2) is 48.7 Å². The Balaban J connectivity index is 1.56. The summed E-state index contributed by atoms with van der Waals surface area (Å²) >= 11 is 0. The summed E-state index contributed by atoms with van der Waals surface area (Å²) in [4.78, 5) is 16.9. The van der Waals surface area contributed by atoms with Crippen LogP contribution < -0.4 is 5.32 Å². The number of halogens is 6. The number of alkyl halides is 6. The van der Waals surface area contributed by atoms with Gasteiger partial charge in [0.25, 0.3) is 0 Å². The van der Waals surface area contributed by atoms with Crippen LogP contribution in [0.3, 0.4) is 0 Å². The van der Waals surface area contributed by atoms with Gasteiger partial charge in [-0.3, -0.25) is 0 Å². The normalized spacial score (nSPS) is 19.4. The van der Waals surface area contributed by atoms with Crippen molar-refractivity contribution in [2.45, 2.75) is 43.7 Å². The number of aromatic amines is 1. The summed E-state index contributed by atoms with van der Waals surface area (Å²) in [6, 6.07) is 8.19. The summed E-state index contributed by atoms with van der Waals surface area (Å²) < 4.78 is 79.0. The number of amides is 2. The molecule has 1 aromatic heterocycles. The minimum atomic E-state index is -4.89. The van der Waals surface area contributed by atoms with Crippen molar-refractivity contribution in [3.05, 3.63) is 70.9 Å². The number of urea groups is 1. The standard InChI is InChI=1S/C23H21F6N3O/c1-32-20(7-6-13-8-15(22(24,25)26)11-16(9-13)23(27,28)29)19(31-21(32)33)10-14-12-30-18-5-3-2-4-17(14)18/h2-5,8-9,11-12,19-20,30H,6-7,10H2,1H3,(H,31,33). The highest BCUT2D eigenvalue weighted by Crippen LogP contribution is 2.37. The highest BCUT2D eigenvalue weighted by molar-refractivity contribution is 5.83. The molecule has 0 saturated carbocycles. The quantitative estimate of drug-likeness (QED) is 0.458. The van der Waals surface area contributed by atoms with E-state index in [9.17, 15) is 31.1 Å². The zero-order valence-corrected chi connectivity index (χ0v) is 17.5. The Kier molecular flexibility index (Phi) is 5.79. The van der Waals surface area contributed by atoms with Gasteiger partial charge in [-0.1, -0.05) is 18.2 Å². The molecule has 1 aliphatic heterocycles. The van der Waals surface area contributed by atoms with Crippen molar-refractivity contribution in [2.24, 2.45) is 0 Å². The highest BCUT2D eigenvalue weighted by atomic mass is 19.4. The first-order valence-electron chi connectivity index (χ1n) is 10.3. The predicted molar refractivity (Wildman–Crippen MR) is 111 cm³/mol. The number of rotatable bonds is 5. The Hall–Kier alpha value is -3.17. The number of carbonyl (C=O) groups is 1. The lowest BCUT2D eigenvalue weighted by atomic mass is 9.93. The molecule has 10 heteroatoms. The number of aromatic nitrogens is 1. The van der Waals surface area contributed by atoms with Crippen LogP contribution in [0.2, 0.25) is 0 Å². The van der Waals surface area contributed by atoms with Gasteiger partial charge in [-0.05, 0) is 54.7 Å². The third kappa shape index (κ3) is 4.79. The van der Waals surface area contributed by atoms with E-state index in [1.807, 2.05) is 30.5 Å². The summed E-state index contributed by atoms with van der Waals surface area (Å²) in [5.41, 5.74) is -0.843. The molecule has 2 atom stereocenters. The number of aryl methyl sites for hydroxylation is 1. The van der Waals surface area contributed by atoms with E-state index in [0.29, 0.717) is 6.42 Å². The summed E-state index contributed by atoms with van der Waals surface area (Å²) in [5.74, 6) is 0. The fourth-order valence-corrected chi connectivity index (χ4v) is 4.37. The summed E-state index contributed by atoms with van der Waals surface area (Å²) in [7, 11) is 1.57. The third-order valence-electron chi connectivity index (χ3n) is 6.08. The van der Waals surface area contributed by atoms with E-state index >= 15 is 0 Å². The van der Waals surface area contributed by atoms with E-state index in [-0.39, 0.29) is 36.5 Å². The van der Waals surface area contributed by atoms with E-state index in [4.69, 9.17) is 0 Å². The van der Waals surface area contributed by atoms with Gasteiger partial charge in [0, 0.05) is 24.1 Å². The lowest BCUT2D eigenvalue weighted by molar-refractivity contribution is -0.143. The Morgan fingerprint density at radius 2 is 1.61 bits per heavy atom. The first-order valence-corrected chi connectivity index (χ1v) is 10.3. The topological polar surface area (TPSA) is 48.1 Å². The van der Waals surface area contributed by atoms with Crippen LogP contribution in [-0.4, -0.2) is 35.0 Å². The largest absolute Gasteiger partial charge is 0.416 e. The molecule has 2 aromatic carbocycles. The molecule has 33 heavy (non-hydrogen) atoms. The molecule has 2 amide bonds. The minimum absolute atomic E-state index is 0.0403. The summed E-state index contributed by atoms with van der Waals surface area (Å²) in [5, 5.41) is 3.87. The predicted octanol–water partition coefficient (Wildman–Crippen LogP) is 5.77. The number of fused-ring (bicyclic) bond motifs is 1. The van der Waals surface area contributed by atoms with Gasteiger partial charge >= 0.3 is 18.4 Å². The number of hydrogen-bond donors (Lipinski definition) is 2. The van der Waals surface area contributed by atoms with Crippen LogP contribution in [0.4, 0.5) is 31.1 Å². The number of hydrogen-bond acceptors (Lipinski definition) is 1. The molecular formula is C23H21F6N3O. The lowest BCUT2D eigenvalue weighted by Gasteiger charge is -2.24. The maximum atomic E-state index is 13.2. The molecule has 0 bridgehead atoms. The van der Waals surface area contributed by atoms with Gasteiger partial charge in [-0.2, -0.15) is 26.3 Å². The van der Waals surface area contributed by atoms with Crippen LogP contribution in [0.5, 0.6) is 0 Å². The van der Waals surface area contributed by atoms with Gasteiger partial charge < -0.3 is 15.2 Å². The molecule has 4 nitrogen and oxygen atoms in total. The van der Waals surface area contributed by atoms with Gasteiger partial charge in [-0.25, -0.2) is 4.79 Å². The van der Waals surface area contributed by atoms with E-state index in [1.165, 1.54) is 4.90 Å². The van der Waals surface area contributed by atoms with Gasteiger partial charge in [0.1, 0.15) is 0 Å². The maximum absolute atomic E-state index is 13.2. The van der Waals surface area contributed by atoms with Gasteiger partial charge in [-0.15, -0.1) is 0 Å². The first kappa shape index (κ1) is 23.0. The number of benzene rings is 2. The fourth-order valence-electron chi connectivity index (χ4n) is 4.37. The second kappa shape index (κ2) is 8.31. The van der Waals surface area contributed by atoms with Crippen molar-refractivity contribution in [1.82, 2.24) is 15.2 Å². The van der Waals surface area contributed by atoms with Gasteiger partial charge in [0.15, 0.2) is 0 Å². The molecule has 1 aliphatic rings. The Bertz CT molecular complexity index is 1130. The average molecular weight is 469 g/mol.